The molecule has 1 aromatic carbocycles. The SMILES string of the molecule is CC1(CNc2ccc(C(F)(F)F)cc2C#N)CCCO1. The van der Waals surface area contributed by atoms with Crippen molar-refractivity contribution >= 4 is 5.69 Å². The molecule has 0 bridgehead atoms. The fourth-order valence-corrected chi connectivity index (χ4v) is 2.23. The summed E-state index contributed by atoms with van der Waals surface area (Å²) >= 11 is 0. The lowest BCUT2D eigenvalue weighted by Crippen LogP contribution is -2.32. The second-order valence-corrected chi connectivity index (χ2v) is 5.13. The number of nitriles is 1. The number of nitrogens with one attached hydrogen (secondary N) is 1. The number of anilines is 1. The van der Waals surface area contributed by atoms with E-state index in [1.165, 1.54) is 6.07 Å². The Kier molecular flexibility index (Phi) is 3.91. The molecule has 0 aliphatic carbocycles. The third kappa shape index (κ3) is 3.23. The minimum absolute atomic E-state index is 0.0126. The van der Waals surface area contributed by atoms with E-state index in [1.54, 1.807) is 6.07 Å². The van der Waals surface area contributed by atoms with Crippen molar-refractivity contribution < 1.29 is 17.9 Å². The highest BCUT2D eigenvalue weighted by Gasteiger charge is 2.32. The number of nitrogens with zero attached hydrogens (tertiary/aromatic N) is 1. The number of ether oxygens (including phenoxy) is 1. The van der Waals surface area contributed by atoms with Gasteiger partial charge in [0.2, 0.25) is 0 Å². The lowest BCUT2D eigenvalue weighted by molar-refractivity contribution is -0.137. The number of halogens is 3. The second-order valence-electron chi connectivity index (χ2n) is 5.13. The minimum Gasteiger partial charge on any atom is -0.381 e. The quantitative estimate of drug-likeness (QED) is 0.923. The fourth-order valence-electron chi connectivity index (χ4n) is 2.23. The Morgan fingerprint density at radius 1 is 1.45 bits per heavy atom. The van der Waals surface area contributed by atoms with Gasteiger partial charge in [-0.05, 0) is 38.0 Å². The molecule has 1 heterocycles. The summed E-state index contributed by atoms with van der Waals surface area (Å²) in [6.45, 7) is 3.10. The van der Waals surface area contributed by atoms with Crippen LogP contribution >= 0.6 is 0 Å². The van der Waals surface area contributed by atoms with Gasteiger partial charge in [0.25, 0.3) is 0 Å². The summed E-state index contributed by atoms with van der Waals surface area (Å²) in [5.41, 5.74) is -0.753. The van der Waals surface area contributed by atoms with Crippen LogP contribution in [0.15, 0.2) is 18.2 Å². The number of benzene rings is 1. The molecule has 20 heavy (non-hydrogen) atoms. The van der Waals surface area contributed by atoms with E-state index in [1.807, 2.05) is 6.92 Å². The third-order valence-electron chi connectivity index (χ3n) is 3.42. The van der Waals surface area contributed by atoms with Crippen molar-refractivity contribution in [3.05, 3.63) is 29.3 Å². The smallest absolute Gasteiger partial charge is 0.381 e. The van der Waals surface area contributed by atoms with E-state index in [9.17, 15) is 13.2 Å². The first kappa shape index (κ1) is 14.7. The van der Waals surface area contributed by atoms with Gasteiger partial charge in [-0.3, -0.25) is 0 Å². The van der Waals surface area contributed by atoms with E-state index in [0.29, 0.717) is 18.8 Å². The third-order valence-corrected chi connectivity index (χ3v) is 3.42. The van der Waals surface area contributed by atoms with Crippen LogP contribution < -0.4 is 5.32 Å². The molecule has 1 aromatic rings. The Balaban J connectivity index is 2.14. The molecule has 1 unspecified atom stereocenters. The Bertz CT molecular complexity index is 528. The summed E-state index contributed by atoms with van der Waals surface area (Å²) in [5, 5.41) is 12.0. The standard InChI is InChI=1S/C14H15F3N2O/c1-13(5-2-6-20-13)9-19-12-4-3-11(14(15,16)17)7-10(12)8-18/h3-4,7,19H,2,5-6,9H2,1H3. The highest BCUT2D eigenvalue weighted by Crippen LogP contribution is 2.32. The van der Waals surface area contributed by atoms with E-state index in [-0.39, 0.29) is 11.2 Å². The predicted octanol–water partition coefficient (Wildman–Crippen LogP) is 3.56. The Labute approximate surface area is 115 Å². The van der Waals surface area contributed by atoms with Crippen LogP contribution in [0.5, 0.6) is 0 Å². The van der Waals surface area contributed by atoms with Gasteiger partial charge in [-0.25, -0.2) is 0 Å². The Morgan fingerprint density at radius 3 is 2.75 bits per heavy atom. The molecule has 1 N–H and O–H groups in total. The molecule has 0 saturated carbocycles. The van der Waals surface area contributed by atoms with Crippen LogP contribution in [0.4, 0.5) is 18.9 Å². The van der Waals surface area contributed by atoms with E-state index in [4.69, 9.17) is 10.00 Å². The Morgan fingerprint density at radius 2 is 2.20 bits per heavy atom. The van der Waals surface area contributed by atoms with E-state index in [0.717, 1.165) is 25.0 Å². The molecule has 1 fully saturated rings. The zero-order valence-corrected chi connectivity index (χ0v) is 11.0. The predicted molar refractivity (Wildman–Crippen MR) is 68.2 cm³/mol. The maximum atomic E-state index is 12.6. The molecule has 3 nitrogen and oxygen atoms in total. The lowest BCUT2D eigenvalue weighted by atomic mass is 10.0. The van der Waals surface area contributed by atoms with Crippen molar-refractivity contribution in [2.75, 3.05) is 18.5 Å². The largest absolute Gasteiger partial charge is 0.416 e. The lowest BCUT2D eigenvalue weighted by Gasteiger charge is -2.24. The number of rotatable bonds is 3. The zero-order chi connectivity index (χ0) is 14.8. The molecule has 6 heteroatoms. The molecule has 0 radical (unpaired) electrons. The molecule has 2 rings (SSSR count). The highest BCUT2D eigenvalue weighted by molar-refractivity contribution is 5.59. The average Bonchev–Trinajstić information content (AvgIpc) is 2.82. The van der Waals surface area contributed by atoms with Gasteiger partial charge in [0.05, 0.1) is 22.4 Å². The number of hydrogen-bond acceptors (Lipinski definition) is 3. The first-order valence-electron chi connectivity index (χ1n) is 6.33. The molecule has 0 spiro atoms. The van der Waals surface area contributed by atoms with Crippen LogP contribution in [0.2, 0.25) is 0 Å². The summed E-state index contributed by atoms with van der Waals surface area (Å²) in [6, 6.07) is 4.92. The van der Waals surface area contributed by atoms with Crippen molar-refractivity contribution in [1.82, 2.24) is 0 Å². The van der Waals surface area contributed by atoms with Gasteiger partial charge in [0.1, 0.15) is 6.07 Å². The van der Waals surface area contributed by atoms with E-state index < -0.39 is 11.7 Å². The normalized spacial score (nSPS) is 22.6. The molecule has 1 atom stereocenters. The molecule has 108 valence electrons. The van der Waals surface area contributed by atoms with Crippen LogP contribution in [0.1, 0.15) is 30.9 Å². The topological polar surface area (TPSA) is 45.0 Å². The first-order valence-corrected chi connectivity index (χ1v) is 6.33. The molecule has 1 saturated heterocycles. The van der Waals surface area contributed by atoms with Gasteiger partial charge in [-0.15, -0.1) is 0 Å². The monoisotopic (exact) mass is 284 g/mol. The van der Waals surface area contributed by atoms with Gasteiger partial charge >= 0.3 is 6.18 Å². The number of alkyl halides is 3. The molecule has 1 aliphatic rings. The summed E-state index contributed by atoms with van der Waals surface area (Å²) in [4.78, 5) is 0. The summed E-state index contributed by atoms with van der Waals surface area (Å²) in [5.74, 6) is 0. The summed E-state index contributed by atoms with van der Waals surface area (Å²) in [7, 11) is 0. The Hall–Kier alpha value is -1.74. The minimum atomic E-state index is -4.44. The summed E-state index contributed by atoms with van der Waals surface area (Å²) in [6.07, 6.45) is -2.58. The van der Waals surface area contributed by atoms with E-state index >= 15 is 0 Å². The molecule has 1 aliphatic heterocycles. The van der Waals surface area contributed by atoms with Gasteiger partial charge in [-0.2, -0.15) is 18.4 Å². The van der Waals surface area contributed by atoms with Crippen molar-refractivity contribution in [1.29, 1.82) is 5.26 Å². The fraction of sp³-hybridized carbons (Fsp3) is 0.500. The van der Waals surface area contributed by atoms with Gasteiger partial charge < -0.3 is 10.1 Å². The maximum absolute atomic E-state index is 12.6. The van der Waals surface area contributed by atoms with Crippen molar-refractivity contribution in [3.8, 4) is 6.07 Å². The second kappa shape index (κ2) is 5.33. The molecule has 0 aromatic heterocycles. The molecular weight excluding hydrogens is 269 g/mol. The van der Waals surface area contributed by atoms with Gasteiger partial charge in [-0.1, -0.05) is 0 Å². The zero-order valence-electron chi connectivity index (χ0n) is 11.0. The van der Waals surface area contributed by atoms with Gasteiger partial charge in [0.15, 0.2) is 0 Å². The van der Waals surface area contributed by atoms with Crippen LogP contribution in [0.25, 0.3) is 0 Å². The average molecular weight is 284 g/mol. The van der Waals surface area contributed by atoms with Crippen LogP contribution in [-0.2, 0) is 10.9 Å². The van der Waals surface area contributed by atoms with Crippen LogP contribution in [0, 0.1) is 11.3 Å². The van der Waals surface area contributed by atoms with Gasteiger partial charge in [0, 0.05) is 13.2 Å². The highest BCUT2D eigenvalue weighted by atomic mass is 19.4. The van der Waals surface area contributed by atoms with E-state index in [2.05, 4.69) is 5.32 Å². The molecule has 0 amide bonds. The number of hydrogen-bond donors (Lipinski definition) is 1. The van der Waals surface area contributed by atoms with Crippen molar-refractivity contribution in [3.63, 3.8) is 0 Å². The van der Waals surface area contributed by atoms with Crippen molar-refractivity contribution in [2.45, 2.75) is 31.5 Å². The summed E-state index contributed by atoms with van der Waals surface area (Å²) < 4.78 is 43.3. The van der Waals surface area contributed by atoms with Crippen LogP contribution in [0.3, 0.4) is 0 Å². The van der Waals surface area contributed by atoms with Crippen molar-refractivity contribution in [2.24, 2.45) is 0 Å². The molecular formula is C14H15F3N2O. The first-order chi connectivity index (χ1) is 9.34. The maximum Gasteiger partial charge on any atom is 0.416 e. The van der Waals surface area contributed by atoms with Crippen LogP contribution in [-0.4, -0.2) is 18.8 Å².